The van der Waals surface area contributed by atoms with Crippen molar-refractivity contribution in [3.8, 4) is 5.75 Å². The fourth-order valence-corrected chi connectivity index (χ4v) is 5.93. The monoisotopic (exact) mass is 552 g/mol. The summed E-state index contributed by atoms with van der Waals surface area (Å²) < 4.78 is 36.7. The summed E-state index contributed by atoms with van der Waals surface area (Å²) in [6, 6.07) is 17.5. The Balaban J connectivity index is 1.43. The second-order valence-electron chi connectivity index (χ2n) is 9.54. The predicted molar refractivity (Wildman–Crippen MR) is 148 cm³/mol. The summed E-state index contributed by atoms with van der Waals surface area (Å²) in [4.78, 5) is 12.9. The third kappa shape index (κ3) is 6.01. The molecule has 4 aromatic rings. The number of hydrogen-bond donors (Lipinski definition) is 2. The zero-order valence-electron chi connectivity index (χ0n) is 21.0. The van der Waals surface area contributed by atoms with Crippen LogP contribution in [0.3, 0.4) is 0 Å². The zero-order chi connectivity index (χ0) is 26.7. The molecule has 3 aromatic carbocycles. The van der Waals surface area contributed by atoms with E-state index in [4.69, 9.17) is 16.3 Å². The Hall–Kier alpha value is -3.40. The van der Waals surface area contributed by atoms with E-state index < -0.39 is 10.0 Å². The van der Waals surface area contributed by atoms with Crippen molar-refractivity contribution in [3.05, 3.63) is 83.0 Å². The van der Waals surface area contributed by atoms with Crippen LogP contribution in [0.4, 0.5) is 5.69 Å². The number of ether oxygens (including phenoxy) is 1. The SMILES string of the molecule is COc1ccc(CNS(=O)(=O)c2cc(NC(=O)Cc3ccccc3Cl)cc3nn(CC4CCC4)cc23)cc1. The second kappa shape index (κ2) is 11.1. The fraction of sp³-hybridized carbons (Fsp3) is 0.286. The molecule has 1 aliphatic rings. The van der Waals surface area contributed by atoms with E-state index in [2.05, 4.69) is 15.1 Å². The van der Waals surface area contributed by atoms with Crippen LogP contribution in [-0.2, 0) is 34.3 Å². The van der Waals surface area contributed by atoms with Gasteiger partial charge in [0.05, 0.1) is 23.9 Å². The lowest BCUT2D eigenvalue weighted by Crippen LogP contribution is -2.24. The van der Waals surface area contributed by atoms with Gasteiger partial charge in [-0.3, -0.25) is 9.48 Å². The minimum atomic E-state index is -3.94. The first kappa shape index (κ1) is 26.2. The van der Waals surface area contributed by atoms with Crippen LogP contribution in [0.25, 0.3) is 10.9 Å². The van der Waals surface area contributed by atoms with Gasteiger partial charge in [-0.15, -0.1) is 0 Å². The van der Waals surface area contributed by atoms with Gasteiger partial charge < -0.3 is 10.1 Å². The third-order valence-corrected chi connectivity index (χ3v) is 8.62. The number of sulfonamides is 1. The molecular weight excluding hydrogens is 524 g/mol. The van der Waals surface area contributed by atoms with Crippen LogP contribution >= 0.6 is 11.6 Å². The molecule has 2 N–H and O–H groups in total. The Kier molecular flexibility index (Phi) is 7.69. The molecule has 0 aliphatic heterocycles. The van der Waals surface area contributed by atoms with Gasteiger partial charge in [-0.1, -0.05) is 48.4 Å². The van der Waals surface area contributed by atoms with E-state index in [0.29, 0.717) is 38.8 Å². The van der Waals surface area contributed by atoms with Crippen molar-refractivity contribution < 1.29 is 17.9 Å². The molecule has 1 aromatic heterocycles. The molecular formula is C28H29ClN4O4S. The topological polar surface area (TPSA) is 102 Å². The predicted octanol–water partition coefficient (Wildman–Crippen LogP) is 5.16. The van der Waals surface area contributed by atoms with Crippen LogP contribution in [-0.4, -0.2) is 31.2 Å². The lowest BCUT2D eigenvalue weighted by atomic mass is 9.85. The van der Waals surface area contributed by atoms with Gasteiger partial charge in [0, 0.05) is 35.4 Å². The average Bonchev–Trinajstić information content (AvgIpc) is 3.29. The number of hydrogen-bond acceptors (Lipinski definition) is 5. The van der Waals surface area contributed by atoms with Gasteiger partial charge in [0.1, 0.15) is 5.75 Å². The number of aromatic nitrogens is 2. The number of carbonyl (C=O) groups excluding carboxylic acids is 1. The molecule has 1 amide bonds. The fourth-order valence-electron chi connectivity index (χ4n) is 4.49. The minimum Gasteiger partial charge on any atom is -0.497 e. The van der Waals surface area contributed by atoms with Gasteiger partial charge in [-0.2, -0.15) is 5.10 Å². The molecule has 0 spiro atoms. The highest BCUT2D eigenvalue weighted by Gasteiger charge is 2.23. The molecule has 8 nitrogen and oxygen atoms in total. The number of methoxy groups -OCH3 is 1. The summed E-state index contributed by atoms with van der Waals surface area (Å²) in [6.45, 7) is 0.842. The second-order valence-corrected chi connectivity index (χ2v) is 11.7. The molecule has 1 saturated carbocycles. The van der Waals surface area contributed by atoms with Crippen molar-refractivity contribution in [2.45, 2.75) is 43.7 Å². The third-order valence-electron chi connectivity index (χ3n) is 6.81. The molecule has 0 bridgehead atoms. The molecule has 0 atom stereocenters. The van der Waals surface area contributed by atoms with Crippen LogP contribution in [0.5, 0.6) is 5.75 Å². The van der Waals surface area contributed by atoms with Crippen molar-refractivity contribution >= 4 is 44.1 Å². The molecule has 1 aliphatic carbocycles. The van der Waals surface area contributed by atoms with Crippen LogP contribution in [0, 0.1) is 5.92 Å². The standard InChI is InChI=1S/C28H29ClN4O4S/c1-37-23-11-9-19(10-12-23)16-30-38(35,36)27-15-22(31-28(34)13-21-7-2-3-8-25(21)29)14-26-24(27)18-33(32-26)17-20-5-4-6-20/h2-3,7-12,14-15,18,20,30H,4-6,13,16-17H2,1H3,(H,31,34). The van der Waals surface area contributed by atoms with Crippen LogP contribution in [0.15, 0.2) is 71.8 Å². The smallest absolute Gasteiger partial charge is 0.241 e. The van der Waals surface area contributed by atoms with Crippen LogP contribution in [0.1, 0.15) is 30.4 Å². The summed E-state index contributed by atoms with van der Waals surface area (Å²) in [6.07, 6.45) is 5.35. The number of nitrogens with zero attached hydrogens (tertiary/aromatic N) is 2. The van der Waals surface area contributed by atoms with Crippen molar-refractivity contribution in [1.82, 2.24) is 14.5 Å². The van der Waals surface area contributed by atoms with Gasteiger partial charge in [-0.25, -0.2) is 13.1 Å². The Labute approximate surface area is 227 Å². The molecule has 5 rings (SSSR count). The number of anilines is 1. The summed E-state index contributed by atoms with van der Waals surface area (Å²) in [5.74, 6) is 0.936. The van der Waals surface area contributed by atoms with E-state index in [1.54, 1.807) is 61.8 Å². The summed E-state index contributed by atoms with van der Waals surface area (Å²) >= 11 is 6.21. The summed E-state index contributed by atoms with van der Waals surface area (Å²) in [5.41, 5.74) is 2.33. The maximum atomic E-state index is 13.5. The van der Waals surface area contributed by atoms with Gasteiger partial charge in [0.2, 0.25) is 15.9 Å². The highest BCUT2D eigenvalue weighted by Crippen LogP contribution is 2.31. The van der Waals surface area contributed by atoms with Crippen molar-refractivity contribution in [3.63, 3.8) is 0 Å². The molecule has 38 heavy (non-hydrogen) atoms. The first-order chi connectivity index (χ1) is 18.3. The largest absolute Gasteiger partial charge is 0.497 e. The Morgan fingerprint density at radius 1 is 1.13 bits per heavy atom. The van der Waals surface area contributed by atoms with Crippen molar-refractivity contribution in [1.29, 1.82) is 0 Å². The van der Waals surface area contributed by atoms with Gasteiger partial charge >= 0.3 is 0 Å². The number of halogens is 1. The van der Waals surface area contributed by atoms with Crippen molar-refractivity contribution in [2.24, 2.45) is 5.92 Å². The number of amides is 1. The molecule has 198 valence electrons. The maximum Gasteiger partial charge on any atom is 0.241 e. The maximum absolute atomic E-state index is 13.5. The van der Waals surface area contributed by atoms with E-state index in [1.165, 1.54) is 12.5 Å². The quantitative estimate of drug-likeness (QED) is 0.283. The number of fused-ring (bicyclic) bond motifs is 1. The van der Waals surface area contributed by atoms with Crippen LogP contribution < -0.4 is 14.8 Å². The van der Waals surface area contributed by atoms with E-state index in [0.717, 1.165) is 24.9 Å². The minimum absolute atomic E-state index is 0.0611. The lowest BCUT2D eigenvalue weighted by Gasteiger charge is -2.24. The number of nitrogens with one attached hydrogen (secondary N) is 2. The van der Waals surface area contributed by atoms with E-state index in [9.17, 15) is 13.2 Å². The molecule has 0 unspecified atom stereocenters. The van der Waals surface area contributed by atoms with Gasteiger partial charge in [0.25, 0.3) is 0 Å². The number of carbonyl (C=O) groups is 1. The van der Waals surface area contributed by atoms with Gasteiger partial charge in [0.15, 0.2) is 0 Å². The zero-order valence-corrected chi connectivity index (χ0v) is 22.6. The highest BCUT2D eigenvalue weighted by molar-refractivity contribution is 7.89. The molecule has 10 heteroatoms. The first-order valence-electron chi connectivity index (χ1n) is 12.5. The van der Waals surface area contributed by atoms with E-state index in [-0.39, 0.29) is 23.8 Å². The average molecular weight is 553 g/mol. The molecule has 1 heterocycles. The van der Waals surface area contributed by atoms with Crippen LogP contribution in [0.2, 0.25) is 5.02 Å². The number of rotatable bonds is 10. The van der Waals surface area contributed by atoms with Crippen molar-refractivity contribution in [2.75, 3.05) is 12.4 Å². The summed E-state index contributed by atoms with van der Waals surface area (Å²) in [7, 11) is -2.36. The first-order valence-corrected chi connectivity index (χ1v) is 14.3. The molecule has 0 saturated heterocycles. The molecule has 1 fully saturated rings. The Bertz CT molecular complexity index is 1560. The number of benzene rings is 3. The van der Waals surface area contributed by atoms with E-state index >= 15 is 0 Å². The highest BCUT2D eigenvalue weighted by atomic mass is 35.5. The van der Waals surface area contributed by atoms with Gasteiger partial charge in [-0.05, 0) is 60.2 Å². The normalized spacial score (nSPS) is 13.8. The summed E-state index contributed by atoms with van der Waals surface area (Å²) in [5, 5.41) is 8.49. The molecule has 0 radical (unpaired) electrons. The van der Waals surface area contributed by atoms with E-state index in [1.807, 2.05) is 10.7 Å². The Morgan fingerprint density at radius 2 is 1.89 bits per heavy atom. The Morgan fingerprint density at radius 3 is 2.58 bits per heavy atom. The lowest BCUT2D eigenvalue weighted by molar-refractivity contribution is -0.115.